The second-order valence-corrected chi connectivity index (χ2v) is 14.4. The largest absolute Gasteiger partial charge is 0.364 e. The van der Waals surface area contributed by atoms with Gasteiger partial charge < -0.3 is 31.0 Å². The van der Waals surface area contributed by atoms with Crippen molar-refractivity contribution in [2.75, 3.05) is 26.7 Å². The summed E-state index contributed by atoms with van der Waals surface area (Å²) in [7, 11) is 2.13. The fourth-order valence-corrected chi connectivity index (χ4v) is 6.66. The minimum absolute atomic E-state index is 0.140. The molecular weight excluding hydrogens is 588 g/mol. The minimum atomic E-state index is -0.344. The number of likely N-dealkylation sites (tertiary alicyclic amines) is 1. The lowest BCUT2D eigenvalue weighted by Crippen LogP contribution is -2.56. The Morgan fingerprint density at radius 2 is 1.81 bits per heavy atom. The molecule has 47 heavy (non-hydrogen) atoms. The Bertz CT molecular complexity index is 1490. The average molecular weight is 641 g/mol. The molecule has 2 aromatic carbocycles. The first-order valence-electron chi connectivity index (χ1n) is 16.9. The first-order valence-corrected chi connectivity index (χ1v) is 16.9. The third kappa shape index (κ3) is 8.94. The van der Waals surface area contributed by atoms with Gasteiger partial charge in [-0.15, -0.1) is 0 Å². The fourth-order valence-electron chi connectivity index (χ4n) is 6.66. The number of ether oxygens (including phenoxy) is 1. The number of piperidine rings is 1. The molecule has 1 aliphatic carbocycles. The second kappa shape index (κ2) is 14.9. The van der Waals surface area contributed by atoms with Crippen molar-refractivity contribution in [2.45, 2.75) is 84.2 Å². The summed E-state index contributed by atoms with van der Waals surface area (Å²) in [5, 5.41) is 23.3. The fraction of sp³-hybridized carbons (Fsp3) is 0.514. The van der Waals surface area contributed by atoms with E-state index >= 15 is 0 Å². The van der Waals surface area contributed by atoms with Gasteiger partial charge in [0.25, 0.3) is 0 Å². The van der Waals surface area contributed by atoms with E-state index in [1.165, 1.54) is 0 Å². The van der Waals surface area contributed by atoms with Gasteiger partial charge in [-0.2, -0.15) is 0 Å². The van der Waals surface area contributed by atoms with Crippen LogP contribution < -0.4 is 16.4 Å². The number of nitrogens with zero attached hydrogens (tertiary/aromatic N) is 3. The Morgan fingerprint density at radius 3 is 2.51 bits per heavy atom. The number of benzene rings is 2. The lowest BCUT2D eigenvalue weighted by atomic mass is 9.85. The molecule has 2 amide bonds. The molecule has 5 atom stereocenters. The number of fused-ring (bicyclic) bond motifs is 1. The van der Waals surface area contributed by atoms with Crippen molar-refractivity contribution in [3.8, 4) is 0 Å². The Labute approximate surface area is 279 Å². The van der Waals surface area contributed by atoms with Crippen LogP contribution in [0.5, 0.6) is 0 Å². The van der Waals surface area contributed by atoms with Crippen LogP contribution >= 0.6 is 0 Å². The first kappa shape index (κ1) is 34.5. The first-order chi connectivity index (χ1) is 22.4. The number of urea groups is 1. The molecule has 2 aliphatic heterocycles. The molecule has 2 aromatic rings. The quantitative estimate of drug-likeness (QED) is 0.172. The molecule has 2 heterocycles. The molecular formula is C37H52N8O2. The molecule has 10 nitrogen and oxygen atoms in total. The predicted molar refractivity (Wildman–Crippen MR) is 190 cm³/mol. The lowest BCUT2D eigenvalue weighted by Gasteiger charge is -2.42. The molecule has 0 radical (unpaired) electrons. The zero-order valence-corrected chi connectivity index (χ0v) is 28.6. The van der Waals surface area contributed by atoms with Crippen molar-refractivity contribution in [1.82, 2.24) is 20.4 Å². The van der Waals surface area contributed by atoms with E-state index in [4.69, 9.17) is 26.3 Å². The SMILES string of the molecule is Cc1ccc(N=C(CC(=N)C(C)(C)C)NC(=O)NC2CCC(OC3C=CC(=N)N(C(N)C4CCCN(C)C4)C3)c3ccccc32)cc1. The van der Waals surface area contributed by atoms with Crippen LogP contribution in [0, 0.1) is 29.1 Å². The smallest absolute Gasteiger partial charge is 0.320 e. The molecule has 3 aliphatic rings. The number of aliphatic imine (C=N–C) groups is 1. The number of nitrogens with two attached hydrogens (primary N) is 1. The monoisotopic (exact) mass is 640 g/mol. The maximum Gasteiger partial charge on any atom is 0.320 e. The highest BCUT2D eigenvalue weighted by atomic mass is 16.5. The van der Waals surface area contributed by atoms with E-state index in [1.807, 2.05) is 81.1 Å². The predicted octanol–water partition coefficient (Wildman–Crippen LogP) is 6.22. The lowest BCUT2D eigenvalue weighted by molar-refractivity contribution is -0.0182. The van der Waals surface area contributed by atoms with E-state index < -0.39 is 0 Å². The number of hydrogen-bond acceptors (Lipinski definition) is 7. The number of hydrogen-bond donors (Lipinski definition) is 5. The van der Waals surface area contributed by atoms with Crippen LogP contribution in [0.2, 0.25) is 0 Å². The van der Waals surface area contributed by atoms with Crippen molar-refractivity contribution in [3.63, 3.8) is 0 Å². The summed E-state index contributed by atoms with van der Waals surface area (Å²) in [5.74, 6) is 1.19. The molecule has 0 saturated carbocycles. The highest BCUT2D eigenvalue weighted by Gasteiger charge is 2.34. The molecule has 5 unspecified atom stereocenters. The van der Waals surface area contributed by atoms with Crippen molar-refractivity contribution in [3.05, 3.63) is 77.4 Å². The summed E-state index contributed by atoms with van der Waals surface area (Å²) in [6.45, 7) is 10.6. The molecule has 5 rings (SSSR count). The summed E-state index contributed by atoms with van der Waals surface area (Å²) in [5.41, 5.74) is 10.8. The van der Waals surface area contributed by atoms with E-state index in [1.54, 1.807) is 0 Å². The van der Waals surface area contributed by atoms with Gasteiger partial charge in [0.1, 0.15) is 11.7 Å². The number of amides is 2. The van der Waals surface area contributed by atoms with Crippen molar-refractivity contribution in [2.24, 2.45) is 22.1 Å². The van der Waals surface area contributed by atoms with Gasteiger partial charge in [-0.3, -0.25) is 10.7 Å². The highest BCUT2D eigenvalue weighted by molar-refractivity contribution is 6.09. The van der Waals surface area contributed by atoms with Crippen LogP contribution in [-0.4, -0.2) is 72.2 Å². The summed E-state index contributed by atoms with van der Waals surface area (Å²) >= 11 is 0. The number of rotatable bonds is 8. The molecule has 10 heteroatoms. The zero-order chi connectivity index (χ0) is 33.7. The van der Waals surface area contributed by atoms with Gasteiger partial charge in [0.2, 0.25) is 0 Å². The van der Waals surface area contributed by atoms with Crippen LogP contribution in [0.15, 0.2) is 65.7 Å². The van der Waals surface area contributed by atoms with E-state index in [0.717, 1.165) is 54.7 Å². The van der Waals surface area contributed by atoms with Crippen LogP contribution in [0.4, 0.5) is 10.5 Å². The van der Waals surface area contributed by atoms with E-state index in [-0.39, 0.29) is 42.3 Å². The van der Waals surface area contributed by atoms with Gasteiger partial charge in [-0.05, 0) is 81.0 Å². The number of carbonyl (C=O) groups is 1. The van der Waals surface area contributed by atoms with Gasteiger partial charge in [-0.25, -0.2) is 9.79 Å². The molecule has 252 valence electrons. The van der Waals surface area contributed by atoms with Crippen LogP contribution in [0.1, 0.15) is 81.7 Å². The molecule has 0 spiro atoms. The van der Waals surface area contributed by atoms with Crippen LogP contribution in [0.3, 0.4) is 0 Å². The molecule has 1 fully saturated rings. The number of carbonyl (C=O) groups excluding carboxylic acids is 1. The van der Waals surface area contributed by atoms with Gasteiger partial charge in [0, 0.05) is 24.6 Å². The van der Waals surface area contributed by atoms with E-state index in [0.29, 0.717) is 36.3 Å². The normalized spacial score (nSPS) is 24.4. The van der Waals surface area contributed by atoms with Gasteiger partial charge in [-0.1, -0.05) is 68.8 Å². The number of amidine groups is 2. The van der Waals surface area contributed by atoms with Gasteiger partial charge >= 0.3 is 6.03 Å². The Morgan fingerprint density at radius 1 is 1.09 bits per heavy atom. The Hall–Kier alpha value is -3.86. The van der Waals surface area contributed by atoms with Crippen molar-refractivity contribution < 1.29 is 9.53 Å². The maximum atomic E-state index is 13.4. The molecule has 0 bridgehead atoms. The molecule has 0 aromatic heterocycles. The second-order valence-electron chi connectivity index (χ2n) is 14.4. The van der Waals surface area contributed by atoms with Gasteiger partial charge in [0.15, 0.2) is 0 Å². The van der Waals surface area contributed by atoms with E-state index in [9.17, 15) is 4.79 Å². The summed E-state index contributed by atoms with van der Waals surface area (Å²) in [6.07, 6.45) is 7.12. The van der Waals surface area contributed by atoms with E-state index in [2.05, 4.69) is 34.7 Å². The molecule has 1 saturated heterocycles. The topological polar surface area (TPSA) is 143 Å². The third-order valence-electron chi connectivity index (χ3n) is 9.54. The third-order valence-corrected chi connectivity index (χ3v) is 9.54. The molecule has 6 N–H and O–H groups in total. The Balaban J connectivity index is 1.25. The van der Waals surface area contributed by atoms with Crippen LogP contribution in [-0.2, 0) is 4.74 Å². The standard InChI is InChI=1S/C37H52N8O2/c1-24-12-14-26(15-13-24)41-34(21-32(38)37(2,3)4)43-36(46)42-30-17-18-31(29-11-7-6-10-28(29)30)47-27-16-19-33(39)45(23-27)35(40)25-9-8-20-44(5)22-25/h6-7,10-16,19,25,27,30-31,35,38-39H,8-9,17-18,20-23,40H2,1-5H3,(H2,41,42,43,46). The zero-order valence-electron chi connectivity index (χ0n) is 28.6. The average Bonchev–Trinajstić information content (AvgIpc) is 3.03. The summed E-state index contributed by atoms with van der Waals surface area (Å²) in [6, 6.07) is 15.4. The van der Waals surface area contributed by atoms with Crippen LogP contribution in [0.25, 0.3) is 0 Å². The summed E-state index contributed by atoms with van der Waals surface area (Å²) in [4.78, 5) is 22.5. The summed E-state index contributed by atoms with van der Waals surface area (Å²) < 4.78 is 6.70. The van der Waals surface area contributed by atoms with Crippen molar-refractivity contribution >= 4 is 29.1 Å². The van der Waals surface area contributed by atoms with Crippen molar-refractivity contribution in [1.29, 1.82) is 10.8 Å². The highest BCUT2D eigenvalue weighted by Crippen LogP contribution is 2.39. The maximum absolute atomic E-state index is 13.4. The van der Waals surface area contributed by atoms with Gasteiger partial charge in [0.05, 0.1) is 36.6 Å². The minimum Gasteiger partial charge on any atom is -0.364 e. The number of nitrogens with one attached hydrogen (secondary N) is 4. The number of aryl methyl sites for hydroxylation is 1. The Kier molecular flexibility index (Phi) is 10.9.